The number of nitrogens with one attached hydrogen (secondary N) is 1. The average Bonchev–Trinajstić information content (AvgIpc) is 2.55. The fourth-order valence-electron chi connectivity index (χ4n) is 1.81. The number of rotatable bonds is 5. The van der Waals surface area contributed by atoms with Crippen molar-refractivity contribution in [2.75, 3.05) is 7.11 Å². The summed E-state index contributed by atoms with van der Waals surface area (Å²) in [5.41, 5.74) is 3.26. The summed E-state index contributed by atoms with van der Waals surface area (Å²) in [4.78, 5) is 22.4. The Labute approximate surface area is 154 Å². The van der Waals surface area contributed by atoms with Gasteiger partial charge in [0.1, 0.15) is 5.75 Å². The third kappa shape index (κ3) is 4.39. The van der Waals surface area contributed by atoms with Crippen LogP contribution < -0.4 is 10.2 Å². The maximum Gasteiger partial charge on any atom is 0.275 e. The second-order valence-electron chi connectivity index (χ2n) is 4.51. The summed E-state index contributed by atoms with van der Waals surface area (Å²) in [6.07, 6.45) is 1.39. The quantitative estimate of drug-likeness (QED) is 0.419. The van der Waals surface area contributed by atoms with Crippen LogP contribution in [0, 0.1) is 10.1 Å². The van der Waals surface area contributed by atoms with Gasteiger partial charge in [-0.05, 0) is 40.2 Å². The van der Waals surface area contributed by atoms with Crippen LogP contribution in [-0.4, -0.2) is 24.2 Å². The summed E-state index contributed by atoms with van der Waals surface area (Å²) in [5, 5.41) is 14.6. The van der Waals surface area contributed by atoms with Gasteiger partial charge in [-0.15, -0.1) is 0 Å². The van der Waals surface area contributed by atoms with Gasteiger partial charge in [0.05, 0.1) is 23.8 Å². The second kappa shape index (κ2) is 8.02. The number of nitro groups is 1. The number of halogens is 2. The van der Waals surface area contributed by atoms with Gasteiger partial charge in [0.25, 0.3) is 11.6 Å². The molecule has 7 nitrogen and oxygen atoms in total. The molecule has 1 amide bonds. The Bertz CT molecular complexity index is 824. The van der Waals surface area contributed by atoms with Crippen molar-refractivity contribution in [3.63, 3.8) is 0 Å². The van der Waals surface area contributed by atoms with Crippen LogP contribution >= 0.6 is 31.9 Å². The van der Waals surface area contributed by atoms with E-state index < -0.39 is 10.8 Å². The normalized spacial score (nSPS) is 10.6. The predicted molar refractivity (Wildman–Crippen MR) is 96.6 cm³/mol. The van der Waals surface area contributed by atoms with Gasteiger partial charge in [-0.3, -0.25) is 14.9 Å². The first-order valence-corrected chi connectivity index (χ1v) is 8.12. The van der Waals surface area contributed by atoms with Gasteiger partial charge in [-0.2, -0.15) is 5.10 Å². The standard InChI is InChI=1S/C15H11Br2N3O4/c1-24-14-5-3-10(16)6-12(14)15(21)19-18-8-9-2-4-11(20(22)23)7-13(9)17/h2-8H,1H3,(H,19,21)/b18-8-. The van der Waals surface area contributed by atoms with Gasteiger partial charge in [-0.1, -0.05) is 15.9 Å². The maximum atomic E-state index is 12.2. The summed E-state index contributed by atoms with van der Waals surface area (Å²) in [7, 11) is 1.47. The molecule has 0 bridgehead atoms. The monoisotopic (exact) mass is 455 g/mol. The molecule has 0 saturated heterocycles. The lowest BCUT2D eigenvalue weighted by Gasteiger charge is -2.07. The van der Waals surface area contributed by atoms with Crippen molar-refractivity contribution in [1.82, 2.24) is 5.43 Å². The lowest BCUT2D eigenvalue weighted by atomic mass is 10.2. The highest BCUT2D eigenvalue weighted by molar-refractivity contribution is 9.10. The van der Waals surface area contributed by atoms with Crippen molar-refractivity contribution < 1.29 is 14.5 Å². The molecule has 0 radical (unpaired) electrons. The number of hydrogen-bond acceptors (Lipinski definition) is 5. The smallest absolute Gasteiger partial charge is 0.275 e. The van der Waals surface area contributed by atoms with E-state index in [0.717, 1.165) is 4.47 Å². The number of methoxy groups -OCH3 is 1. The van der Waals surface area contributed by atoms with Crippen LogP contribution in [0.1, 0.15) is 15.9 Å². The molecule has 0 aromatic heterocycles. The molecular weight excluding hydrogens is 446 g/mol. The number of carbonyl (C=O) groups is 1. The van der Waals surface area contributed by atoms with Crippen LogP contribution in [0.5, 0.6) is 5.75 Å². The van der Waals surface area contributed by atoms with Crippen molar-refractivity contribution in [3.05, 3.63) is 66.6 Å². The molecular formula is C15H11Br2N3O4. The average molecular weight is 457 g/mol. The highest BCUT2D eigenvalue weighted by atomic mass is 79.9. The summed E-state index contributed by atoms with van der Waals surface area (Å²) in [6, 6.07) is 9.28. The first-order chi connectivity index (χ1) is 11.4. The van der Waals surface area contributed by atoms with Crippen LogP contribution in [0.2, 0.25) is 0 Å². The molecule has 0 saturated carbocycles. The van der Waals surface area contributed by atoms with Gasteiger partial charge in [0.15, 0.2) is 0 Å². The van der Waals surface area contributed by atoms with Gasteiger partial charge < -0.3 is 4.74 Å². The molecule has 0 spiro atoms. The summed E-state index contributed by atoms with van der Waals surface area (Å²) < 4.78 is 6.36. The number of hydrogen-bond donors (Lipinski definition) is 1. The predicted octanol–water partition coefficient (Wildman–Crippen LogP) is 3.89. The molecule has 1 N–H and O–H groups in total. The van der Waals surface area contributed by atoms with E-state index in [9.17, 15) is 14.9 Å². The Morgan fingerprint density at radius 1 is 1.29 bits per heavy atom. The Kier molecular flexibility index (Phi) is 6.04. The Balaban J connectivity index is 2.13. The number of nitro benzene ring substituents is 1. The molecule has 0 atom stereocenters. The maximum absolute atomic E-state index is 12.2. The highest BCUT2D eigenvalue weighted by Crippen LogP contribution is 2.23. The second-order valence-corrected chi connectivity index (χ2v) is 6.28. The molecule has 0 aliphatic rings. The van der Waals surface area contributed by atoms with E-state index in [4.69, 9.17) is 4.74 Å². The molecule has 0 fully saturated rings. The number of nitrogens with zero attached hydrogens (tertiary/aromatic N) is 2. The van der Waals surface area contributed by atoms with Crippen molar-refractivity contribution in [3.8, 4) is 5.75 Å². The largest absolute Gasteiger partial charge is 0.496 e. The van der Waals surface area contributed by atoms with E-state index in [-0.39, 0.29) is 5.69 Å². The summed E-state index contributed by atoms with van der Waals surface area (Å²) in [6.45, 7) is 0. The molecule has 0 aliphatic heterocycles. The van der Waals surface area contributed by atoms with E-state index >= 15 is 0 Å². The number of hydrazone groups is 1. The Hall–Kier alpha value is -2.26. The van der Waals surface area contributed by atoms with Crippen LogP contribution in [0.4, 0.5) is 5.69 Å². The zero-order chi connectivity index (χ0) is 17.7. The molecule has 2 aromatic rings. The van der Waals surface area contributed by atoms with Crippen molar-refractivity contribution in [2.45, 2.75) is 0 Å². The minimum atomic E-state index is -0.493. The third-order valence-corrected chi connectivity index (χ3v) is 4.15. The number of carbonyl (C=O) groups excluding carboxylic acids is 1. The molecule has 24 heavy (non-hydrogen) atoms. The number of benzene rings is 2. The van der Waals surface area contributed by atoms with Crippen molar-refractivity contribution >= 4 is 49.7 Å². The van der Waals surface area contributed by atoms with Gasteiger partial charge in [0.2, 0.25) is 0 Å². The van der Waals surface area contributed by atoms with E-state index in [1.165, 1.54) is 31.5 Å². The lowest BCUT2D eigenvalue weighted by molar-refractivity contribution is -0.384. The Morgan fingerprint density at radius 3 is 2.67 bits per heavy atom. The van der Waals surface area contributed by atoms with Gasteiger partial charge in [0, 0.05) is 26.6 Å². The summed E-state index contributed by atoms with van der Waals surface area (Å²) >= 11 is 6.52. The van der Waals surface area contributed by atoms with E-state index in [2.05, 4.69) is 42.4 Å². The first-order valence-electron chi connectivity index (χ1n) is 6.53. The fourth-order valence-corrected chi connectivity index (χ4v) is 2.64. The molecule has 0 unspecified atom stereocenters. The third-order valence-electron chi connectivity index (χ3n) is 2.97. The highest BCUT2D eigenvalue weighted by Gasteiger charge is 2.12. The number of ether oxygens (including phenoxy) is 1. The zero-order valence-corrected chi connectivity index (χ0v) is 15.5. The topological polar surface area (TPSA) is 93.8 Å². The van der Waals surface area contributed by atoms with Crippen LogP contribution in [-0.2, 0) is 0 Å². The molecule has 124 valence electrons. The molecule has 0 aliphatic carbocycles. The molecule has 9 heteroatoms. The van der Waals surface area contributed by atoms with Crippen LogP contribution in [0.3, 0.4) is 0 Å². The number of non-ortho nitro benzene ring substituents is 1. The first kappa shape index (κ1) is 18.1. The van der Waals surface area contributed by atoms with Crippen LogP contribution in [0.15, 0.2) is 50.4 Å². The lowest BCUT2D eigenvalue weighted by Crippen LogP contribution is -2.18. The Morgan fingerprint density at radius 2 is 2.04 bits per heavy atom. The minimum absolute atomic E-state index is 0.0399. The zero-order valence-electron chi connectivity index (χ0n) is 12.3. The minimum Gasteiger partial charge on any atom is -0.496 e. The summed E-state index contributed by atoms with van der Waals surface area (Å²) in [5.74, 6) is -0.0233. The fraction of sp³-hybridized carbons (Fsp3) is 0.0667. The van der Waals surface area contributed by atoms with E-state index in [1.54, 1.807) is 18.2 Å². The van der Waals surface area contributed by atoms with Gasteiger partial charge >= 0.3 is 0 Å². The van der Waals surface area contributed by atoms with E-state index in [1.807, 2.05) is 0 Å². The van der Waals surface area contributed by atoms with Gasteiger partial charge in [-0.25, -0.2) is 5.43 Å². The molecule has 2 rings (SSSR count). The molecule has 2 aromatic carbocycles. The van der Waals surface area contributed by atoms with Crippen molar-refractivity contribution in [2.24, 2.45) is 5.10 Å². The van der Waals surface area contributed by atoms with Crippen LogP contribution in [0.25, 0.3) is 0 Å². The van der Waals surface area contributed by atoms with E-state index in [0.29, 0.717) is 21.3 Å². The number of amides is 1. The SMILES string of the molecule is COc1ccc(Br)cc1C(=O)N/N=C\c1ccc([N+](=O)[O-])cc1Br. The van der Waals surface area contributed by atoms with Crippen molar-refractivity contribution in [1.29, 1.82) is 0 Å². The molecule has 0 heterocycles.